The van der Waals surface area contributed by atoms with E-state index >= 15 is 0 Å². The Morgan fingerprint density at radius 1 is 1.00 bits per heavy atom. The predicted molar refractivity (Wildman–Crippen MR) is 97.5 cm³/mol. The van der Waals surface area contributed by atoms with Crippen LogP contribution in [0.2, 0.25) is 0 Å². The van der Waals surface area contributed by atoms with Gasteiger partial charge in [-0.15, -0.1) is 0 Å². The van der Waals surface area contributed by atoms with E-state index in [1.54, 1.807) is 6.33 Å². The van der Waals surface area contributed by atoms with Crippen molar-refractivity contribution < 1.29 is 9.59 Å². The van der Waals surface area contributed by atoms with Gasteiger partial charge in [-0.1, -0.05) is 30.3 Å². The van der Waals surface area contributed by atoms with E-state index in [2.05, 4.69) is 15.0 Å². The molecule has 2 unspecified atom stereocenters. The van der Waals surface area contributed by atoms with Gasteiger partial charge < -0.3 is 9.47 Å². The molecule has 0 spiro atoms. The number of amides is 2. The lowest BCUT2D eigenvalue weighted by molar-refractivity contribution is -0.140. The average molecular weight is 362 g/mol. The minimum absolute atomic E-state index is 0.0911. The van der Waals surface area contributed by atoms with Crippen molar-refractivity contribution in [1.29, 1.82) is 0 Å². The molecule has 5 rings (SSSR count). The van der Waals surface area contributed by atoms with Crippen molar-refractivity contribution in [3.05, 3.63) is 48.5 Å². The van der Waals surface area contributed by atoms with Crippen molar-refractivity contribution in [1.82, 2.24) is 24.4 Å². The molecular formula is C19H18N6O2. The molecule has 2 aliphatic rings. The first-order valence-electron chi connectivity index (χ1n) is 8.89. The van der Waals surface area contributed by atoms with Crippen LogP contribution in [0.1, 0.15) is 5.56 Å². The second kappa shape index (κ2) is 5.87. The first kappa shape index (κ1) is 15.9. The largest absolute Gasteiger partial charge is 0.353 e. The van der Waals surface area contributed by atoms with Gasteiger partial charge in [-0.2, -0.15) is 0 Å². The molecule has 0 aliphatic carbocycles. The molecule has 2 saturated heterocycles. The standard InChI is InChI=1S/C19H18N6O2/c1-23-11-22-16-15(23)17(21-10-20-16)24-8-13-14(9-24)19(27)25(18(13)26)7-12-5-3-2-4-6-12/h2-6,10-11,13-14H,7-9H2,1H3. The molecule has 0 radical (unpaired) electrons. The van der Waals surface area contributed by atoms with Crippen LogP contribution >= 0.6 is 0 Å². The van der Waals surface area contributed by atoms with E-state index in [1.807, 2.05) is 46.8 Å². The fourth-order valence-electron chi connectivity index (χ4n) is 4.11. The molecule has 2 aliphatic heterocycles. The third-order valence-electron chi connectivity index (χ3n) is 5.46. The van der Waals surface area contributed by atoms with Crippen molar-refractivity contribution in [3.8, 4) is 0 Å². The maximum Gasteiger partial charge on any atom is 0.235 e. The Morgan fingerprint density at radius 2 is 1.70 bits per heavy atom. The maximum atomic E-state index is 12.9. The summed E-state index contributed by atoms with van der Waals surface area (Å²) in [4.78, 5) is 42.0. The highest BCUT2D eigenvalue weighted by Crippen LogP contribution is 2.37. The second-order valence-corrected chi connectivity index (χ2v) is 7.09. The van der Waals surface area contributed by atoms with Gasteiger partial charge in [-0.25, -0.2) is 15.0 Å². The molecular weight excluding hydrogens is 344 g/mol. The van der Waals surface area contributed by atoms with Crippen LogP contribution in [0.15, 0.2) is 43.0 Å². The number of anilines is 1. The molecule has 1 aromatic carbocycles. The van der Waals surface area contributed by atoms with E-state index in [0.29, 0.717) is 25.3 Å². The van der Waals surface area contributed by atoms with Crippen LogP contribution in [0.5, 0.6) is 0 Å². The highest BCUT2D eigenvalue weighted by atomic mass is 16.2. The summed E-state index contributed by atoms with van der Waals surface area (Å²) in [6.07, 6.45) is 3.17. The number of benzene rings is 1. The van der Waals surface area contributed by atoms with Gasteiger partial charge in [0, 0.05) is 20.1 Å². The lowest BCUT2D eigenvalue weighted by Gasteiger charge is -2.22. The quantitative estimate of drug-likeness (QED) is 0.646. The zero-order valence-corrected chi connectivity index (χ0v) is 14.8. The van der Waals surface area contributed by atoms with Crippen LogP contribution in [-0.4, -0.2) is 49.3 Å². The molecule has 27 heavy (non-hydrogen) atoms. The highest BCUT2D eigenvalue weighted by molar-refractivity contribution is 6.06. The summed E-state index contributed by atoms with van der Waals surface area (Å²) >= 11 is 0. The molecule has 2 fully saturated rings. The summed E-state index contributed by atoms with van der Waals surface area (Å²) in [5.41, 5.74) is 2.39. The highest BCUT2D eigenvalue weighted by Gasteiger charge is 2.52. The average Bonchev–Trinajstić information content (AvgIpc) is 3.35. The Labute approximate surface area is 155 Å². The molecule has 3 aromatic rings. The van der Waals surface area contributed by atoms with Crippen LogP contribution in [-0.2, 0) is 23.2 Å². The number of nitrogens with zero attached hydrogens (tertiary/aromatic N) is 6. The van der Waals surface area contributed by atoms with Crippen LogP contribution in [0.4, 0.5) is 5.82 Å². The number of aromatic nitrogens is 4. The Morgan fingerprint density at radius 3 is 2.41 bits per heavy atom. The normalized spacial score (nSPS) is 22.1. The van der Waals surface area contributed by atoms with Crippen molar-refractivity contribution in [2.75, 3.05) is 18.0 Å². The lowest BCUT2D eigenvalue weighted by atomic mass is 10.00. The third kappa shape index (κ3) is 2.40. The summed E-state index contributed by atoms with van der Waals surface area (Å²) in [5.74, 6) is -0.0955. The van der Waals surface area contributed by atoms with Gasteiger partial charge in [0.15, 0.2) is 11.5 Å². The number of imidazole rings is 1. The Kier molecular flexibility index (Phi) is 3.46. The third-order valence-corrected chi connectivity index (χ3v) is 5.46. The molecule has 2 amide bonds. The van der Waals surface area contributed by atoms with Crippen molar-refractivity contribution in [3.63, 3.8) is 0 Å². The number of hydrogen-bond donors (Lipinski definition) is 0. The number of rotatable bonds is 3. The van der Waals surface area contributed by atoms with E-state index < -0.39 is 0 Å². The van der Waals surface area contributed by atoms with Crippen LogP contribution in [0.25, 0.3) is 11.2 Å². The lowest BCUT2D eigenvalue weighted by Crippen LogP contribution is -2.36. The summed E-state index contributed by atoms with van der Waals surface area (Å²) < 4.78 is 1.87. The van der Waals surface area contributed by atoms with Gasteiger partial charge in [-0.05, 0) is 5.56 Å². The summed E-state index contributed by atoms with van der Waals surface area (Å²) in [5, 5.41) is 0. The minimum Gasteiger partial charge on any atom is -0.353 e. The van der Waals surface area contributed by atoms with Gasteiger partial charge in [0.2, 0.25) is 11.8 Å². The SMILES string of the molecule is Cn1cnc2ncnc(N3CC4C(=O)N(Cc5ccccc5)C(=O)C4C3)c21. The van der Waals surface area contributed by atoms with Gasteiger partial charge in [-0.3, -0.25) is 14.5 Å². The van der Waals surface area contributed by atoms with Gasteiger partial charge >= 0.3 is 0 Å². The van der Waals surface area contributed by atoms with E-state index in [0.717, 1.165) is 16.9 Å². The maximum absolute atomic E-state index is 12.9. The zero-order valence-electron chi connectivity index (χ0n) is 14.8. The van der Waals surface area contributed by atoms with Crippen LogP contribution in [0, 0.1) is 11.8 Å². The number of likely N-dealkylation sites (tertiary alicyclic amines) is 1. The van der Waals surface area contributed by atoms with Gasteiger partial charge in [0.1, 0.15) is 11.8 Å². The van der Waals surface area contributed by atoms with E-state index in [4.69, 9.17) is 0 Å². The Bertz CT molecular complexity index is 1020. The molecule has 8 nitrogen and oxygen atoms in total. The monoisotopic (exact) mass is 362 g/mol. The van der Waals surface area contributed by atoms with Crippen LogP contribution < -0.4 is 4.90 Å². The van der Waals surface area contributed by atoms with Crippen LogP contribution in [0.3, 0.4) is 0 Å². The van der Waals surface area contributed by atoms with E-state index in [1.165, 1.54) is 11.2 Å². The fourth-order valence-corrected chi connectivity index (χ4v) is 4.11. The predicted octanol–water partition coefficient (Wildman–Crippen LogP) is 0.985. The van der Waals surface area contributed by atoms with Crippen molar-refractivity contribution in [2.24, 2.45) is 18.9 Å². The van der Waals surface area contributed by atoms with Crippen molar-refractivity contribution in [2.45, 2.75) is 6.54 Å². The number of imide groups is 1. The first-order valence-corrected chi connectivity index (χ1v) is 8.89. The molecule has 0 saturated carbocycles. The summed E-state index contributed by atoms with van der Waals surface area (Å²) in [6, 6.07) is 9.61. The Balaban J connectivity index is 1.41. The van der Waals surface area contributed by atoms with E-state index in [-0.39, 0.29) is 23.7 Å². The van der Waals surface area contributed by atoms with Gasteiger partial charge in [0.05, 0.1) is 24.7 Å². The molecule has 2 atom stereocenters. The molecule has 0 bridgehead atoms. The summed E-state index contributed by atoms with van der Waals surface area (Å²) in [7, 11) is 1.89. The van der Waals surface area contributed by atoms with Gasteiger partial charge in [0.25, 0.3) is 0 Å². The first-order chi connectivity index (χ1) is 13.1. The number of fused-ring (bicyclic) bond motifs is 2. The number of hydrogen-bond acceptors (Lipinski definition) is 6. The molecule has 0 N–H and O–H groups in total. The molecule has 2 aromatic heterocycles. The fraction of sp³-hybridized carbons (Fsp3) is 0.316. The molecule has 4 heterocycles. The smallest absolute Gasteiger partial charge is 0.235 e. The van der Waals surface area contributed by atoms with Crippen molar-refractivity contribution >= 4 is 28.8 Å². The van der Waals surface area contributed by atoms with E-state index in [9.17, 15) is 9.59 Å². The number of aryl methyl sites for hydroxylation is 1. The molecule has 136 valence electrons. The number of carbonyl (C=O) groups excluding carboxylic acids is 2. The number of carbonyl (C=O) groups is 2. The Hall–Kier alpha value is -3.29. The molecule has 8 heteroatoms. The zero-order chi connectivity index (χ0) is 18.5. The second-order valence-electron chi connectivity index (χ2n) is 7.09. The topological polar surface area (TPSA) is 84.2 Å². The summed E-state index contributed by atoms with van der Waals surface area (Å²) in [6.45, 7) is 1.31. The minimum atomic E-state index is -0.320.